The highest BCUT2D eigenvalue weighted by atomic mass is 15.1. The van der Waals surface area contributed by atoms with Crippen LogP contribution >= 0.6 is 0 Å². The Morgan fingerprint density at radius 3 is 2.08 bits per heavy atom. The molecule has 0 aliphatic heterocycles. The van der Waals surface area contributed by atoms with Gasteiger partial charge in [-0.05, 0) is 39.4 Å². The van der Waals surface area contributed by atoms with Crippen molar-refractivity contribution in [2.45, 2.75) is 33.7 Å². The third kappa shape index (κ3) is 5.27. The highest BCUT2D eigenvalue weighted by Gasteiger charge is 2.14. The Labute approximate surface area is 83.7 Å². The highest BCUT2D eigenvalue weighted by molar-refractivity contribution is 4.69. The smallest absolute Gasteiger partial charge is 0.00870 e. The molecule has 0 amide bonds. The molecule has 0 aromatic heterocycles. The largest absolute Gasteiger partial charge is 0.319 e. The van der Waals surface area contributed by atoms with E-state index in [0.29, 0.717) is 6.04 Å². The Morgan fingerprint density at radius 2 is 1.69 bits per heavy atom. The highest BCUT2D eigenvalue weighted by Crippen LogP contribution is 2.09. The van der Waals surface area contributed by atoms with E-state index in [1.54, 1.807) is 0 Å². The summed E-state index contributed by atoms with van der Waals surface area (Å²) in [4.78, 5) is 2.45. The second kappa shape index (κ2) is 6.39. The van der Waals surface area contributed by atoms with Crippen molar-refractivity contribution in [2.75, 3.05) is 27.2 Å². The number of rotatable bonds is 6. The molecule has 2 unspecified atom stereocenters. The van der Waals surface area contributed by atoms with Gasteiger partial charge in [0.25, 0.3) is 0 Å². The summed E-state index contributed by atoms with van der Waals surface area (Å²) in [6, 6.07) is 0.680. The number of hydrogen-bond acceptors (Lipinski definition) is 2. The zero-order valence-electron chi connectivity index (χ0n) is 10.1. The van der Waals surface area contributed by atoms with Crippen molar-refractivity contribution in [3.8, 4) is 0 Å². The molecular formula is C11H26N2. The van der Waals surface area contributed by atoms with E-state index in [2.05, 4.69) is 45.0 Å². The van der Waals surface area contributed by atoms with Crippen LogP contribution in [0.25, 0.3) is 0 Å². The average Bonchev–Trinajstić information content (AvgIpc) is 2.03. The van der Waals surface area contributed by atoms with Gasteiger partial charge in [0.15, 0.2) is 0 Å². The van der Waals surface area contributed by atoms with E-state index in [-0.39, 0.29) is 0 Å². The maximum Gasteiger partial charge on any atom is 0.00870 e. The maximum atomic E-state index is 3.21. The normalized spacial score (nSPS) is 16.6. The molecule has 0 aliphatic rings. The van der Waals surface area contributed by atoms with Crippen molar-refractivity contribution in [1.29, 1.82) is 0 Å². The molecule has 1 N–H and O–H groups in total. The Bertz CT molecular complexity index is 123. The van der Waals surface area contributed by atoms with Gasteiger partial charge in [0.2, 0.25) is 0 Å². The van der Waals surface area contributed by atoms with E-state index >= 15 is 0 Å². The quantitative estimate of drug-likeness (QED) is 0.680. The zero-order valence-corrected chi connectivity index (χ0v) is 10.1. The van der Waals surface area contributed by atoms with Crippen LogP contribution in [0, 0.1) is 11.8 Å². The van der Waals surface area contributed by atoms with Crippen LogP contribution in [0.15, 0.2) is 0 Å². The van der Waals surface area contributed by atoms with Crippen molar-refractivity contribution in [3.63, 3.8) is 0 Å². The molecular weight excluding hydrogens is 160 g/mol. The van der Waals surface area contributed by atoms with Crippen molar-refractivity contribution in [1.82, 2.24) is 10.2 Å². The van der Waals surface area contributed by atoms with Crippen molar-refractivity contribution in [3.05, 3.63) is 0 Å². The molecule has 0 fully saturated rings. The van der Waals surface area contributed by atoms with Crippen LogP contribution in [0.2, 0.25) is 0 Å². The Hall–Kier alpha value is -0.0800. The molecule has 0 heterocycles. The fraction of sp³-hybridized carbons (Fsp3) is 1.00. The van der Waals surface area contributed by atoms with Crippen molar-refractivity contribution in [2.24, 2.45) is 11.8 Å². The summed E-state index contributed by atoms with van der Waals surface area (Å²) >= 11 is 0. The maximum absolute atomic E-state index is 3.21. The molecule has 2 nitrogen and oxygen atoms in total. The predicted molar refractivity (Wildman–Crippen MR) is 60.0 cm³/mol. The van der Waals surface area contributed by atoms with Crippen LogP contribution in [0.3, 0.4) is 0 Å². The standard InChI is InChI=1S/C11H26N2/c1-9(2)11(4)13(6)8-10(3)7-12-5/h9-12H,7-8H2,1-6H3. The second-order valence-corrected chi connectivity index (χ2v) is 4.59. The molecule has 2 heteroatoms. The van der Waals surface area contributed by atoms with E-state index in [9.17, 15) is 0 Å². The van der Waals surface area contributed by atoms with Crippen molar-refractivity contribution < 1.29 is 0 Å². The van der Waals surface area contributed by atoms with Gasteiger partial charge in [-0.25, -0.2) is 0 Å². The fourth-order valence-corrected chi connectivity index (χ4v) is 1.58. The van der Waals surface area contributed by atoms with E-state index in [4.69, 9.17) is 0 Å². The molecule has 0 radical (unpaired) electrons. The molecule has 80 valence electrons. The first-order valence-corrected chi connectivity index (χ1v) is 5.33. The van der Waals surface area contributed by atoms with Gasteiger partial charge in [-0.15, -0.1) is 0 Å². The van der Waals surface area contributed by atoms with Gasteiger partial charge >= 0.3 is 0 Å². The third-order valence-electron chi connectivity index (χ3n) is 2.81. The van der Waals surface area contributed by atoms with Gasteiger partial charge in [-0.2, -0.15) is 0 Å². The minimum absolute atomic E-state index is 0.680. The lowest BCUT2D eigenvalue weighted by molar-refractivity contribution is 0.183. The molecule has 0 aromatic carbocycles. The molecule has 0 rings (SSSR count). The van der Waals surface area contributed by atoms with Crippen LogP contribution in [0.5, 0.6) is 0 Å². The van der Waals surface area contributed by atoms with Gasteiger partial charge in [0, 0.05) is 12.6 Å². The topological polar surface area (TPSA) is 15.3 Å². The molecule has 0 saturated heterocycles. The van der Waals surface area contributed by atoms with Gasteiger partial charge < -0.3 is 10.2 Å². The Kier molecular flexibility index (Phi) is 6.35. The van der Waals surface area contributed by atoms with E-state index < -0.39 is 0 Å². The van der Waals surface area contributed by atoms with E-state index in [1.165, 1.54) is 6.54 Å². The van der Waals surface area contributed by atoms with Gasteiger partial charge in [-0.3, -0.25) is 0 Å². The third-order valence-corrected chi connectivity index (χ3v) is 2.81. The van der Waals surface area contributed by atoms with Gasteiger partial charge in [0.05, 0.1) is 0 Å². The SMILES string of the molecule is CNCC(C)CN(C)C(C)C(C)C. The minimum Gasteiger partial charge on any atom is -0.319 e. The summed E-state index contributed by atoms with van der Waals surface area (Å²) in [5, 5.41) is 3.21. The van der Waals surface area contributed by atoms with E-state index in [1.807, 2.05) is 7.05 Å². The summed E-state index contributed by atoms with van der Waals surface area (Å²) in [5.41, 5.74) is 0. The first-order chi connectivity index (χ1) is 5.99. The molecule has 0 aliphatic carbocycles. The van der Waals surface area contributed by atoms with Crippen LogP contribution in [0.1, 0.15) is 27.7 Å². The van der Waals surface area contributed by atoms with Crippen LogP contribution in [0.4, 0.5) is 0 Å². The number of nitrogens with zero attached hydrogens (tertiary/aromatic N) is 1. The molecule has 0 spiro atoms. The lowest BCUT2D eigenvalue weighted by atomic mass is 10.0. The van der Waals surface area contributed by atoms with E-state index in [0.717, 1.165) is 18.4 Å². The summed E-state index contributed by atoms with van der Waals surface area (Å²) in [6.07, 6.45) is 0. The zero-order chi connectivity index (χ0) is 10.4. The molecule has 13 heavy (non-hydrogen) atoms. The first kappa shape index (κ1) is 12.9. The lowest BCUT2D eigenvalue weighted by Gasteiger charge is -2.30. The summed E-state index contributed by atoms with van der Waals surface area (Å²) < 4.78 is 0. The Balaban J connectivity index is 3.77. The number of nitrogens with one attached hydrogen (secondary N) is 1. The van der Waals surface area contributed by atoms with Crippen LogP contribution < -0.4 is 5.32 Å². The average molecular weight is 186 g/mol. The molecule has 2 atom stereocenters. The van der Waals surface area contributed by atoms with Crippen molar-refractivity contribution >= 4 is 0 Å². The minimum atomic E-state index is 0.680. The lowest BCUT2D eigenvalue weighted by Crippen LogP contribution is -2.38. The fourth-order valence-electron chi connectivity index (χ4n) is 1.58. The van der Waals surface area contributed by atoms with Crippen LogP contribution in [-0.2, 0) is 0 Å². The molecule has 0 aromatic rings. The monoisotopic (exact) mass is 186 g/mol. The Morgan fingerprint density at radius 1 is 1.15 bits per heavy atom. The molecule has 0 bridgehead atoms. The number of hydrogen-bond donors (Lipinski definition) is 1. The molecule has 0 saturated carbocycles. The van der Waals surface area contributed by atoms with Crippen LogP contribution in [-0.4, -0.2) is 38.1 Å². The predicted octanol–water partition coefficient (Wildman–Crippen LogP) is 1.82. The summed E-state index contributed by atoms with van der Waals surface area (Å²) in [7, 11) is 4.24. The van der Waals surface area contributed by atoms with Gasteiger partial charge in [-0.1, -0.05) is 20.8 Å². The second-order valence-electron chi connectivity index (χ2n) is 4.59. The summed E-state index contributed by atoms with van der Waals surface area (Å²) in [6.45, 7) is 11.4. The summed E-state index contributed by atoms with van der Waals surface area (Å²) in [5.74, 6) is 1.47. The van der Waals surface area contributed by atoms with Gasteiger partial charge in [0.1, 0.15) is 0 Å². The first-order valence-electron chi connectivity index (χ1n) is 5.33.